The summed E-state index contributed by atoms with van der Waals surface area (Å²) in [7, 11) is 1.65. The third-order valence-corrected chi connectivity index (χ3v) is 2.22. The van der Waals surface area contributed by atoms with Gasteiger partial charge in [-0.25, -0.2) is 8.78 Å². The summed E-state index contributed by atoms with van der Waals surface area (Å²) in [6.07, 6.45) is 1.31. The van der Waals surface area contributed by atoms with Gasteiger partial charge in [0.2, 0.25) is 0 Å². The molecule has 0 aromatic heterocycles. The first-order valence-corrected chi connectivity index (χ1v) is 5.48. The molecule has 0 saturated heterocycles. The van der Waals surface area contributed by atoms with Crippen LogP contribution in [0.4, 0.5) is 8.78 Å². The van der Waals surface area contributed by atoms with E-state index in [2.05, 4.69) is 5.32 Å². The average Bonchev–Trinajstić information content (AvgIpc) is 2.34. The largest absolute Gasteiger partial charge is 0.383 e. The average molecular weight is 241 g/mol. The van der Waals surface area contributed by atoms with Gasteiger partial charge in [0.25, 0.3) is 6.43 Å². The van der Waals surface area contributed by atoms with E-state index in [1.165, 1.54) is 12.1 Å². The minimum Gasteiger partial charge on any atom is -0.383 e. The Balaban J connectivity index is 2.40. The molecular weight excluding hydrogens is 224 g/mol. The molecule has 94 valence electrons. The number of rotatable bonds is 7. The topological polar surface area (TPSA) is 21.3 Å². The van der Waals surface area contributed by atoms with E-state index in [1.807, 2.05) is 12.2 Å². The van der Waals surface area contributed by atoms with Crippen LogP contribution < -0.4 is 5.32 Å². The molecule has 0 amide bonds. The fourth-order valence-corrected chi connectivity index (χ4v) is 1.35. The van der Waals surface area contributed by atoms with Crippen molar-refractivity contribution in [3.05, 3.63) is 41.5 Å². The van der Waals surface area contributed by atoms with E-state index in [9.17, 15) is 8.78 Å². The van der Waals surface area contributed by atoms with Crippen LogP contribution in [-0.2, 0) is 4.74 Å². The van der Waals surface area contributed by atoms with Crippen molar-refractivity contribution in [2.75, 3.05) is 26.8 Å². The minimum atomic E-state index is -2.41. The molecule has 1 rings (SSSR count). The summed E-state index contributed by atoms with van der Waals surface area (Å²) in [5, 5.41) is 3.13. The molecule has 2 nitrogen and oxygen atoms in total. The maximum atomic E-state index is 12.4. The molecule has 0 heterocycles. The van der Waals surface area contributed by atoms with Crippen LogP contribution in [0.25, 0.3) is 6.08 Å². The van der Waals surface area contributed by atoms with Crippen molar-refractivity contribution in [2.24, 2.45) is 0 Å². The highest BCUT2D eigenvalue weighted by molar-refractivity contribution is 5.50. The van der Waals surface area contributed by atoms with Crippen LogP contribution in [0.1, 0.15) is 17.6 Å². The van der Waals surface area contributed by atoms with Gasteiger partial charge >= 0.3 is 0 Å². The number of halogens is 2. The number of benzene rings is 1. The summed E-state index contributed by atoms with van der Waals surface area (Å²) in [5.41, 5.74) is 0.843. The number of hydrogen-bond donors (Lipinski definition) is 1. The monoisotopic (exact) mass is 241 g/mol. The molecule has 0 radical (unpaired) electrons. The Morgan fingerprint density at radius 2 is 2.24 bits per heavy atom. The van der Waals surface area contributed by atoms with Crippen LogP contribution >= 0.6 is 0 Å². The van der Waals surface area contributed by atoms with Crippen molar-refractivity contribution in [3.8, 4) is 0 Å². The molecule has 0 unspecified atom stereocenters. The summed E-state index contributed by atoms with van der Waals surface area (Å²) >= 11 is 0. The fraction of sp³-hybridized carbons (Fsp3) is 0.385. The fourth-order valence-electron chi connectivity index (χ4n) is 1.35. The summed E-state index contributed by atoms with van der Waals surface area (Å²) in [4.78, 5) is 0. The predicted octanol–water partition coefficient (Wildman–Crippen LogP) is 2.87. The first kappa shape index (κ1) is 13.8. The lowest BCUT2D eigenvalue weighted by molar-refractivity contribution is 0.151. The second-order valence-corrected chi connectivity index (χ2v) is 3.57. The Labute approximate surface area is 100 Å². The lowest BCUT2D eigenvalue weighted by atomic mass is 10.1. The molecule has 1 aromatic rings. The number of nitrogens with one attached hydrogen (secondary N) is 1. The van der Waals surface area contributed by atoms with Crippen molar-refractivity contribution < 1.29 is 13.5 Å². The zero-order chi connectivity index (χ0) is 12.5. The van der Waals surface area contributed by atoms with Crippen molar-refractivity contribution in [1.29, 1.82) is 0 Å². The SMILES string of the molecule is COCCNC/C=C/c1cccc(C(F)F)c1. The zero-order valence-corrected chi connectivity index (χ0v) is 9.83. The molecule has 4 heteroatoms. The van der Waals surface area contributed by atoms with Gasteiger partial charge in [-0.1, -0.05) is 30.4 Å². The van der Waals surface area contributed by atoms with Gasteiger partial charge in [0.1, 0.15) is 0 Å². The highest BCUT2D eigenvalue weighted by Crippen LogP contribution is 2.19. The van der Waals surface area contributed by atoms with Crippen molar-refractivity contribution in [3.63, 3.8) is 0 Å². The van der Waals surface area contributed by atoms with Crippen LogP contribution in [0.2, 0.25) is 0 Å². The van der Waals surface area contributed by atoms with Gasteiger partial charge in [-0.15, -0.1) is 0 Å². The van der Waals surface area contributed by atoms with Crippen LogP contribution in [0.3, 0.4) is 0 Å². The van der Waals surface area contributed by atoms with Gasteiger partial charge < -0.3 is 10.1 Å². The van der Waals surface area contributed by atoms with Crippen LogP contribution in [0.15, 0.2) is 30.3 Å². The summed E-state index contributed by atoms with van der Waals surface area (Å²) in [5.74, 6) is 0. The van der Waals surface area contributed by atoms with Crippen LogP contribution in [-0.4, -0.2) is 26.8 Å². The van der Waals surface area contributed by atoms with Crippen molar-refractivity contribution in [1.82, 2.24) is 5.32 Å². The smallest absolute Gasteiger partial charge is 0.263 e. The molecule has 0 spiro atoms. The van der Waals surface area contributed by atoms with Gasteiger partial charge in [-0.3, -0.25) is 0 Å². The lowest BCUT2D eigenvalue weighted by Gasteiger charge is -2.01. The number of ether oxygens (including phenoxy) is 1. The van der Waals surface area contributed by atoms with E-state index in [0.717, 1.165) is 12.1 Å². The first-order valence-electron chi connectivity index (χ1n) is 5.48. The Bertz CT molecular complexity index is 353. The van der Waals surface area contributed by atoms with E-state index in [0.29, 0.717) is 13.2 Å². The lowest BCUT2D eigenvalue weighted by Crippen LogP contribution is -2.18. The number of alkyl halides is 2. The molecule has 1 aromatic carbocycles. The van der Waals surface area contributed by atoms with E-state index in [-0.39, 0.29) is 5.56 Å². The van der Waals surface area contributed by atoms with Gasteiger partial charge in [0.05, 0.1) is 6.61 Å². The summed E-state index contributed by atoms with van der Waals surface area (Å²) in [6.45, 7) is 2.13. The Hall–Kier alpha value is -1.26. The maximum absolute atomic E-state index is 12.4. The van der Waals surface area contributed by atoms with Gasteiger partial charge in [-0.05, 0) is 11.6 Å². The van der Waals surface area contributed by atoms with E-state index in [4.69, 9.17) is 4.74 Å². The normalized spacial score (nSPS) is 11.5. The molecule has 0 saturated carbocycles. The minimum absolute atomic E-state index is 0.0551. The molecule has 0 bridgehead atoms. The predicted molar refractivity (Wildman–Crippen MR) is 65.2 cm³/mol. The molecule has 0 atom stereocenters. The molecule has 0 aliphatic heterocycles. The van der Waals surface area contributed by atoms with Crippen LogP contribution in [0.5, 0.6) is 0 Å². The van der Waals surface area contributed by atoms with Crippen LogP contribution in [0, 0.1) is 0 Å². The molecule has 0 aliphatic carbocycles. The van der Waals surface area contributed by atoms with E-state index < -0.39 is 6.43 Å². The second kappa shape index (κ2) is 7.92. The maximum Gasteiger partial charge on any atom is 0.263 e. The highest BCUT2D eigenvalue weighted by Gasteiger charge is 2.05. The van der Waals surface area contributed by atoms with Crippen molar-refractivity contribution in [2.45, 2.75) is 6.43 Å². The standard InChI is InChI=1S/C13H17F2NO/c1-17-9-8-16-7-3-5-11-4-2-6-12(10-11)13(14)15/h2-6,10,13,16H,7-9H2,1H3/b5-3+. The third-order valence-electron chi connectivity index (χ3n) is 2.22. The third kappa shape index (κ3) is 5.56. The summed E-state index contributed by atoms with van der Waals surface area (Å²) < 4.78 is 29.7. The Morgan fingerprint density at radius 1 is 1.41 bits per heavy atom. The van der Waals surface area contributed by atoms with E-state index >= 15 is 0 Å². The number of hydrogen-bond acceptors (Lipinski definition) is 2. The molecule has 17 heavy (non-hydrogen) atoms. The molecule has 1 N–H and O–H groups in total. The zero-order valence-electron chi connectivity index (χ0n) is 9.83. The van der Waals surface area contributed by atoms with E-state index in [1.54, 1.807) is 19.2 Å². The molecule has 0 fully saturated rings. The molecule has 0 aliphatic rings. The second-order valence-electron chi connectivity index (χ2n) is 3.57. The summed E-state index contributed by atoms with van der Waals surface area (Å²) in [6, 6.07) is 6.37. The van der Waals surface area contributed by atoms with Gasteiger partial charge in [-0.2, -0.15) is 0 Å². The highest BCUT2D eigenvalue weighted by atomic mass is 19.3. The Morgan fingerprint density at radius 3 is 2.94 bits per heavy atom. The van der Waals surface area contributed by atoms with Gasteiger partial charge in [0, 0.05) is 25.8 Å². The quantitative estimate of drug-likeness (QED) is 0.741. The van der Waals surface area contributed by atoms with Crippen molar-refractivity contribution >= 4 is 6.08 Å². The van der Waals surface area contributed by atoms with Gasteiger partial charge in [0.15, 0.2) is 0 Å². The Kier molecular flexibility index (Phi) is 6.43. The first-order chi connectivity index (χ1) is 8.24. The number of methoxy groups -OCH3 is 1. The molecular formula is C13H17F2NO.